The van der Waals surface area contributed by atoms with Crippen LogP contribution < -0.4 is 14.2 Å². The molecule has 0 N–H and O–H groups in total. The molecule has 0 aliphatic carbocycles. The van der Waals surface area contributed by atoms with Gasteiger partial charge in [-0.25, -0.2) is 0 Å². The molecule has 0 radical (unpaired) electrons. The highest BCUT2D eigenvalue weighted by Crippen LogP contribution is 2.31. The van der Waals surface area contributed by atoms with Gasteiger partial charge in [-0.15, -0.1) is 4.40 Å². The van der Waals surface area contributed by atoms with Crippen molar-refractivity contribution < 1.29 is 27.4 Å². The second-order valence-corrected chi connectivity index (χ2v) is 8.69. The number of likely N-dealkylation sites (tertiary alicyclic amines) is 1. The zero-order chi connectivity index (χ0) is 21.3. The van der Waals surface area contributed by atoms with Gasteiger partial charge in [0, 0.05) is 36.9 Å². The van der Waals surface area contributed by atoms with E-state index in [0.717, 1.165) is 0 Å². The maximum absolute atomic E-state index is 12.6. The Morgan fingerprint density at radius 1 is 1.00 bits per heavy atom. The summed E-state index contributed by atoms with van der Waals surface area (Å²) >= 11 is 0. The lowest BCUT2D eigenvalue weighted by molar-refractivity contribution is -0.140. The Morgan fingerprint density at radius 2 is 1.60 bits per heavy atom. The molecule has 0 atom stereocenters. The Balaban J connectivity index is 1.43. The van der Waals surface area contributed by atoms with Crippen molar-refractivity contribution in [2.45, 2.75) is 17.7 Å². The van der Waals surface area contributed by atoms with Crippen molar-refractivity contribution in [3.05, 3.63) is 48.0 Å². The topological polar surface area (TPSA) is 94.5 Å². The van der Waals surface area contributed by atoms with Gasteiger partial charge < -0.3 is 19.1 Å². The first kappa shape index (κ1) is 20.2. The lowest BCUT2D eigenvalue weighted by atomic mass is 9.96. The van der Waals surface area contributed by atoms with E-state index >= 15 is 0 Å². The number of methoxy groups -OCH3 is 2. The number of ether oxygens (including phenoxy) is 3. The quantitative estimate of drug-likeness (QED) is 0.543. The average molecular weight is 430 g/mol. The van der Waals surface area contributed by atoms with Crippen LogP contribution in [0.15, 0.2) is 51.8 Å². The number of esters is 1. The monoisotopic (exact) mass is 430 g/mol. The smallest absolute Gasteiger partial charge is 0.314 e. The van der Waals surface area contributed by atoms with E-state index in [2.05, 4.69) is 4.40 Å². The van der Waals surface area contributed by atoms with Crippen LogP contribution >= 0.6 is 0 Å². The highest BCUT2D eigenvalue weighted by Gasteiger charge is 2.35. The maximum atomic E-state index is 12.6. The molecule has 2 aromatic rings. The molecule has 9 heteroatoms. The van der Waals surface area contributed by atoms with Crippen LogP contribution in [-0.4, -0.2) is 52.4 Å². The van der Waals surface area contributed by atoms with Crippen molar-refractivity contribution in [2.75, 3.05) is 27.3 Å². The van der Waals surface area contributed by atoms with E-state index in [9.17, 15) is 13.2 Å². The van der Waals surface area contributed by atoms with Gasteiger partial charge >= 0.3 is 5.97 Å². The van der Waals surface area contributed by atoms with Gasteiger partial charge in [0.05, 0.1) is 20.1 Å². The van der Waals surface area contributed by atoms with Crippen LogP contribution in [0.3, 0.4) is 0 Å². The first-order chi connectivity index (χ1) is 14.4. The van der Waals surface area contributed by atoms with Gasteiger partial charge in [-0.2, -0.15) is 8.42 Å². The number of hydrogen-bond donors (Lipinski definition) is 0. The van der Waals surface area contributed by atoms with Crippen LogP contribution in [0.2, 0.25) is 0 Å². The molecule has 2 heterocycles. The van der Waals surface area contributed by atoms with Gasteiger partial charge in [0.2, 0.25) is 0 Å². The molecule has 0 spiro atoms. The summed E-state index contributed by atoms with van der Waals surface area (Å²) in [5, 5.41) is 0. The highest BCUT2D eigenvalue weighted by atomic mass is 32.2. The number of amidine groups is 1. The molecule has 8 nitrogen and oxygen atoms in total. The molecular formula is C21H22N2O6S. The molecular weight excluding hydrogens is 408 g/mol. The van der Waals surface area contributed by atoms with Crippen molar-refractivity contribution in [3.63, 3.8) is 0 Å². The molecule has 0 amide bonds. The highest BCUT2D eigenvalue weighted by molar-refractivity contribution is 7.90. The number of carbonyl (C=O) groups excluding carboxylic acids is 1. The lowest BCUT2D eigenvalue weighted by Crippen LogP contribution is -2.41. The molecule has 4 rings (SSSR count). The molecule has 2 aliphatic rings. The summed E-state index contributed by atoms with van der Waals surface area (Å²) in [6.45, 7) is 1.04. The predicted octanol–water partition coefficient (Wildman–Crippen LogP) is 2.47. The number of hydrogen-bond acceptors (Lipinski definition) is 7. The Labute approximate surface area is 175 Å². The molecule has 0 bridgehead atoms. The number of fused-ring (bicyclic) bond motifs is 1. The molecule has 0 unspecified atom stereocenters. The van der Waals surface area contributed by atoms with Crippen molar-refractivity contribution >= 4 is 21.8 Å². The van der Waals surface area contributed by atoms with Crippen molar-refractivity contribution in [1.29, 1.82) is 0 Å². The van der Waals surface area contributed by atoms with Gasteiger partial charge in [0.15, 0.2) is 5.84 Å². The molecule has 1 fully saturated rings. The van der Waals surface area contributed by atoms with Gasteiger partial charge in [-0.3, -0.25) is 4.79 Å². The van der Waals surface area contributed by atoms with E-state index in [0.29, 0.717) is 54.6 Å². The minimum absolute atomic E-state index is 0.230. The number of nitrogens with zero attached hydrogens (tertiary/aromatic N) is 2. The zero-order valence-electron chi connectivity index (χ0n) is 16.7. The normalized spacial score (nSPS) is 17.8. The van der Waals surface area contributed by atoms with Crippen molar-refractivity contribution in [2.24, 2.45) is 10.3 Å². The summed E-state index contributed by atoms with van der Waals surface area (Å²) in [6, 6.07) is 11.8. The van der Waals surface area contributed by atoms with Crippen LogP contribution in [0.4, 0.5) is 0 Å². The molecule has 1 saturated heterocycles. The third-order valence-corrected chi connectivity index (χ3v) is 6.61. The predicted molar refractivity (Wildman–Crippen MR) is 110 cm³/mol. The van der Waals surface area contributed by atoms with E-state index in [-0.39, 0.29) is 16.8 Å². The van der Waals surface area contributed by atoms with E-state index < -0.39 is 10.0 Å². The molecule has 158 valence electrons. The largest absolute Gasteiger partial charge is 0.496 e. The third-order valence-electron chi connectivity index (χ3n) is 5.28. The summed E-state index contributed by atoms with van der Waals surface area (Å²) in [4.78, 5) is 14.8. The van der Waals surface area contributed by atoms with E-state index in [4.69, 9.17) is 14.2 Å². The number of sulfonamides is 1. The van der Waals surface area contributed by atoms with Gasteiger partial charge in [-0.1, -0.05) is 12.1 Å². The van der Waals surface area contributed by atoms with Gasteiger partial charge in [0.25, 0.3) is 10.0 Å². The summed E-state index contributed by atoms with van der Waals surface area (Å²) in [7, 11) is -0.601. The minimum atomic E-state index is -3.66. The van der Waals surface area contributed by atoms with E-state index in [1.54, 1.807) is 42.5 Å². The Bertz CT molecular complexity index is 1080. The molecule has 30 heavy (non-hydrogen) atoms. The van der Waals surface area contributed by atoms with Gasteiger partial charge in [0.1, 0.15) is 22.1 Å². The molecule has 0 aromatic heterocycles. The van der Waals surface area contributed by atoms with E-state index in [1.807, 2.05) is 4.90 Å². The summed E-state index contributed by atoms with van der Waals surface area (Å²) in [5.74, 6) is 1.27. The number of benzene rings is 2. The number of rotatable bonds is 4. The Morgan fingerprint density at radius 3 is 2.23 bits per heavy atom. The summed E-state index contributed by atoms with van der Waals surface area (Å²) in [5.41, 5.74) is 0.613. The fraction of sp³-hybridized carbons (Fsp3) is 0.333. The summed E-state index contributed by atoms with van der Waals surface area (Å²) in [6.07, 6.45) is 1.09. The first-order valence-electron chi connectivity index (χ1n) is 9.55. The van der Waals surface area contributed by atoms with Crippen molar-refractivity contribution in [1.82, 2.24) is 4.90 Å². The zero-order valence-corrected chi connectivity index (χ0v) is 17.5. The first-order valence-corrected chi connectivity index (χ1v) is 11.0. The lowest BCUT2D eigenvalue weighted by Gasteiger charge is -2.32. The molecule has 2 aliphatic heterocycles. The molecule has 2 aromatic carbocycles. The molecule has 0 saturated carbocycles. The Hall–Kier alpha value is -3.07. The van der Waals surface area contributed by atoms with Crippen molar-refractivity contribution in [3.8, 4) is 17.2 Å². The maximum Gasteiger partial charge on any atom is 0.314 e. The third kappa shape index (κ3) is 3.85. The average Bonchev–Trinajstić information content (AvgIpc) is 3.04. The van der Waals surface area contributed by atoms with Crippen LogP contribution in [0.1, 0.15) is 18.4 Å². The van der Waals surface area contributed by atoms with Crippen LogP contribution in [0.5, 0.6) is 17.2 Å². The second-order valence-electron chi connectivity index (χ2n) is 7.12. The van der Waals surface area contributed by atoms with Crippen LogP contribution in [-0.2, 0) is 14.8 Å². The second kappa shape index (κ2) is 7.98. The minimum Gasteiger partial charge on any atom is -0.496 e. The van der Waals surface area contributed by atoms with Crippen LogP contribution in [0.25, 0.3) is 0 Å². The standard InChI is InChI=1S/C21H22N2O6S/c1-27-15-11-16(28-2)13-17(12-15)29-21(24)14-7-9-23(10-8-14)20-18-5-3-4-6-19(18)30(25,26)22-20/h3-6,11-14H,7-10H2,1-2H3. The summed E-state index contributed by atoms with van der Waals surface area (Å²) < 4.78 is 44.5. The van der Waals surface area contributed by atoms with Gasteiger partial charge in [-0.05, 0) is 25.0 Å². The number of carbonyl (C=O) groups is 1. The van der Waals surface area contributed by atoms with Crippen LogP contribution in [0, 0.1) is 5.92 Å². The number of piperidine rings is 1. The SMILES string of the molecule is COc1cc(OC)cc(OC(=O)C2CCN(C3=NS(=O)(=O)c4ccccc43)CC2)c1. The fourth-order valence-corrected chi connectivity index (χ4v) is 4.91. The van der Waals surface area contributed by atoms with E-state index in [1.165, 1.54) is 14.2 Å². The Kier molecular flexibility index (Phi) is 5.38. The fourth-order valence-electron chi connectivity index (χ4n) is 3.68.